The quantitative estimate of drug-likeness (QED) is 0.139. The molecule has 1 saturated carbocycles. The van der Waals surface area contributed by atoms with Gasteiger partial charge < -0.3 is 44.9 Å². The lowest BCUT2D eigenvalue weighted by Crippen LogP contribution is -2.56. The number of hydrogen-bond acceptors (Lipinski definition) is 9. The number of fused-ring (bicyclic) bond motifs is 4. The number of carbonyl (C=O) groups is 2. The van der Waals surface area contributed by atoms with Gasteiger partial charge in [0.05, 0.1) is 39.4 Å². The average Bonchev–Trinajstić information content (AvgIpc) is 3.22. The SMILES string of the molecule is COc1ccc([C@@]23Oc4cc(OC)cc(OC)c4[C@@](O)([C@@H](c4ccccc4)[C@@H]2C(=O)NCCCCNC(=O)C(C)=CCO)[C@@H]3O)cc1. The Kier molecular flexibility index (Phi) is 10.1. The van der Waals surface area contributed by atoms with Crippen LogP contribution in [0.3, 0.4) is 0 Å². The monoisotopic (exact) mass is 646 g/mol. The van der Waals surface area contributed by atoms with E-state index in [1.165, 1.54) is 20.3 Å². The summed E-state index contributed by atoms with van der Waals surface area (Å²) < 4.78 is 23.4. The van der Waals surface area contributed by atoms with Crippen molar-refractivity contribution < 1.29 is 43.9 Å². The maximum absolute atomic E-state index is 14.5. The molecule has 250 valence electrons. The molecule has 3 aromatic rings. The zero-order valence-corrected chi connectivity index (χ0v) is 27.0. The molecule has 1 fully saturated rings. The second-order valence-electron chi connectivity index (χ2n) is 11.7. The number of benzene rings is 3. The first kappa shape index (κ1) is 33.8. The van der Waals surface area contributed by atoms with Crippen molar-refractivity contribution in [3.8, 4) is 23.0 Å². The lowest BCUT2D eigenvalue weighted by atomic mass is 9.75. The highest BCUT2D eigenvalue weighted by molar-refractivity contribution is 5.92. The molecule has 0 saturated heterocycles. The molecule has 47 heavy (non-hydrogen) atoms. The third-order valence-electron chi connectivity index (χ3n) is 9.19. The second kappa shape index (κ2) is 14.0. The van der Waals surface area contributed by atoms with Gasteiger partial charge in [0.25, 0.3) is 0 Å². The number of aliphatic hydroxyl groups excluding tert-OH is 2. The molecule has 5 atom stereocenters. The summed E-state index contributed by atoms with van der Waals surface area (Å²) in [5, 5.41) is 40.2. The van der Waals surface area contributed by atoms with Gasteiger partial charge in [-0.2, -0.15) is 0 Å². The Morgan fingerprint density at radius 1 is 0.915 bits per heavy atom. The van der Waals surface area contributed by atoms with Crippen molar-refractivity contribution in [2.75, 3.05) is 41.0 Å². The van der Waals surface area contributed by atoms with E-state index in [4.69, 9.17) is 24.1 Å². The van der Waals surface area contributed by atoms with Crippen LogP contribution in [0.25, 0.3) is 0 Å². The van der Waals surface area contributed by atoms with Gasteiger partial charge in [0, 0.05) is 36.7 Å². The number of amides is 2. The molecule has 5 rings (SSSR count). The maximum Gasteiger partial charge on any atom is 0.246 e. The minimum Gasteiger partial charge on any atom is -0.497 e. The van der Waals surface area contributed by atoms with Crippen molar-refractivity contribution in [3.05, 3.63) is 95.1 Å². The fourth-order valence-electron chi connectivity index (χ4n) is 6.93. The number of carbonyl (C=O) groups excluding carboxylic acids is 2. The Hall–Kier alpha value is -4.58. The first-order chi connectivity index (χ1) is 22.7. The van der Waals surface area contributed by atoms with Crippen LogP contribution in [0.1, 0.15) is 42.4 Å². The van der Waals surface area contributed by atoms with E-state index in [2.05, 4.69) is 10.6 Å². The predicted octanol–water partition coefficient (Wildman–Crippen LogP) is 2.91. The maximum atomic E-state index is 14.5. The lowest BCUT2D eigenvalue weighted by Gasteiger charge is -2.45. The van der Waals surface area contributed by atoms with Gasteiger partial charge in [0.15, 0.2) is 5.60 Å². The minimum absolute atomic E-state index is 0.215. The van der Waals surface area contributed by atoms with Crippen LogP contribution in [0.15, 0.2) is 78.4 Å². The first-order valence-corrected chi connectivity index (χ1v) is 15.6. The summed E-state index contributed by atoms with van der Waals surface area (Å²) in [5.74, 6) is -1.32. The van der Waals surface area contributed by atoms with Gasteiger partial charge in [-0.25, -0.2) is 0 Å². The van der Waals surface area contributed by atoms with Gasteiger partial charge in [-0.1, -0.05) is 48.5 Å². The molecular weight excluding hydrogens is 604 g/mol. The van der Waals surface area contributed by atoms with Gasteiger partial charge in [-0.15, -0.1) is 0 Å². The highest BCUT2D eigenvalue weighted by Crippen LogP contribution is 2.68. The van der Waals surface area contributed by atoms with Crippen LogP contribution in [0.4, 0.5) is 0 Å². The molecule has 11 heteroatoms. The number of ether oxygens (including phenoxy) is 4. The van der Waals surface area contributed by atoms with Gasteiger partial charge >= 0.3 is 0 Å². The Morgan fingerprint density at radius 3 is 2.19 bits per heavy atom. The van der Waals surface area contributed by atoms with E-state index in [9.17, 15) is 19.8 Å². The summed E-state index contributed by atoms with van der Waals surface area (Å²) in [4.78, 5) is 26.6. The Balaban J connectivity index is 1.56. The summed E-state index contributed by atoms with van der Waals surface area (Å²) in [6, 6.07) is 19.3. The molecule has 1 aliphatic carbocycles. The van der Waals surface area contributed by atoms with Crippen molar-refractivity contribution in [2.24, 2.45) is 5.92 Å². The number of rotatable bonds is 13. The lowest BCUT2D eigenvalue weighted by molar-refractivity contribution is -0.159. The Morgan fingerprint density at radius 2 is 1.57 bits per heavy atom. The fraction of sp³-hybridized carbons (Fsp3) is 0.389. The molecule has 1 aliphatic heterocycles. The molecule has 2 amide bonds. The standard InChI is InChI=1S/C36H42N2O9/c1-22(16-19-39)32(40)37-17-8-9-18-38-33(41)31-29(23-10-6-5-7-11-23)35(43)30-27(46-4)20-26(45-3)21-28(30)47-36(31,34(35)42)24-12-14-25(44-2)15-13-24/h5-7,10-16,20-21,29,31,34,39,42-43H,8-9,17-19H2,1-4H3,(H,37,40)(H,38,41)/t29-,31+,34-,35-,36+/m0/s1. The van der Waals surface area contributed by atoms with Crippen LogP contribution < -0.4 is 29.6 Å². The summed E-state index contributed by atoms with van der Waals surface area (Å²) in [5.41, 5.74) is -2.00. The third-order valence-corrected chi connectivity index (χ3v) is 9.19. The number of methoxy groups -OCH3 is 3. The van der Waals surface area contributed by atoms with Crippen molar-refractivity contribution in [3.63, 3.8) is 0 Å². The first-order valence-electron chi connectivity index (χ1n) is 15.6. The van der Waals surface area contributed by atoms with Crippen LogP contribution in [-0.2, 0) is 20.8 Å². The van der Waals surface area contributed by atoms with Crippen LogP contribution in [0, 0.1) is 5.92 Å². The van der Waals surface area contributed by atoms with Crippen LogP contribution >= 0.6 is 0 Å². The molecule has 5 N–H and O–H groups in total. The van der Waals surface area contributed by atoms with Gasteiger partial charge in [0.1, 0.15) is 34.7 Å². The van der Waals surface area contributed by atoms with Crippen molar-refractivity contribution in [1.82, 2.24) is 10.6 Å². The summed E-state index contributed by atoms with van der Waals surface area (Å²) in [6.07, 6.45) is 0.959. The van der Waals surface area contributed by atoms with Crippen molar-refractivity contribution >= 4 is 11.8 Å². The van der Waals surface area contributed by atoms with Gasteiger partial charge in [0.2, 0.25) is 11.8 Å². The molecule has 1 heterocycles. The van der Waals surface area contributed by atoms with E-state index >= 15 is 0 Å². The number of hydrogen-bond donors (Lipinski definition) is 5. The van der Waals surface area contributed by atoms with Crippen molar-refractivity contribution in [1.29, 1.82) is 0 Å². The summed E-state index contributed by atoms with van der Waals surface area (Å²) in [7, 11) is 4.50. The number of nitrogens with one attached hydrogen (secondary N) is 2. The predicted molar refractivity (Wildman–Crippen MR) is 174 cm³/mol. The number of unbranched alkanes of at least 4 members (excludes halogenated alkanes) is 1. The van der Waals surface area contributed by atoms with Gasteiger partial charge in [-0.05, 0) is 43.0 Å². The van der Waals surface area contributed by atoms with Crippen LogP contribution in [0.5, 0.6) is 23.0 Å². The van der Waals surface area contributed by atoms with Gasteiger partial charge in [-0.3, -0.25) is 9.59 Å². The number of aliphatic hydroxyl groups is 3. The van der Waals surface area contributed by atoms with E-state index in [1.54, 1.807) is 50.4 Å². The molecule has 0 radical (unpaired) electrons. The summed E-state index contributed by atoms with van der Waals surface area (Å²) in [6.45, 7) is 2.07. The summed E-state index contributed by atoms with van der Waals surface area (Å²) >= 11 is 0. The Bertz CT molecular complexity index is 1610. The second-order valence-corrected chi connectivity index (χ2v) is 11.7. The Labute approximate surface area is 274 Å². The van der Waals surface area contributed by atoms with E-state index in [1.807, 2.05) is 30.3 Å². The molecule has 0 unspecified atom stereocenters. The normalized spacial score (nSPS) is 24.5. The van der Waals surface area contributed by atoms with Crippen molar-refractivity contribution in [2.45, 2.75) is 43.0 Å². The van der Waals surface area contributed by atoms with E-state index in [0.29, 0.717) is 47.6 Å². The van der Waals surface area contributed by atoms with E-state index < -0.39 is 35.0 Å². The van der Waals surface area contributed by atoms with E-state index in [0.717, 1.165) is 0 Å². The average molecular weight is 647 g/mol. The molecular formula is C36H42N2O9. The molecule has 0 aromatic heterocycles. The van der Waals surface area contributed by atoms with E-state index in [-0.39, 0.29) is 36.1 Å². The molecule has 2 bridgehead atoms. The molecule has 2 aliphatic rings. The highest BCUT2D eigenvalue weighted by Gasteiger charge is 2.76. The fourth-order valence-corrected chi connectivity index (χ4v) is 6.93. The molecule has 3 aromatic carbocycles. The van der Waals surface area contributed by atoms with Crippen LogP contribution in [-0.4, -0.2) is 74.3 Å². The minimum atomic E-state index is -2.03. The van der Waals surface area contributed by atoms with Crippen LogP contribution in [0.2, 0.25) is 0 Å². The smallest absolute Gasteiger partial charge is 0.246 e. The molecule has 11 nitrogen and oxygen atoms in total. The zero-order chi connectivity index (χ0) is 33.8. The largest absolute Gasteiger partial charge is 0.497 e. The molecule has 0 spiro atoms. The highest BCUT2D eigenvalue weighted by atomic mass is 16.5. The topological polar surface area (TPSA) is 156 Å². The zero-order valence-electron chi connectivity index (χ0n) is 27.0. The third kappa shape index (κ3) is 5.90.